The average Bonchev–Trinajstić information content (AvgIpc) is 2.93. The highest BCUT2D eigenvalue weighted by Crippen LogP contribution is 2.24. The lowest BCUT2D eigenvalue weighted by Crippen LogP contribution is -2.06. The van der Waals surface area contributed by atoms with Crippen molar-refractivity contribution in [2.75, 3.05) is 13.2 Å². The highest BCUT2D eigenvalue weighted by atomic mass is 16.5. The summed E-state index contributed by atoms with van der Waals surface area (Å²) in [6.45, 7) is 3.54. The molecule has 1 aromatic rings. The lowest BCUT2D eigenvalue weighted by Gasteiger charge is -2.13. The smallest absolute Gasteiger partial charge is 0.119 e. The van der Waals surface area contributed by atoms with E-state index in [1.807, 2.05) is 31.2 Å². The number of aliphatic hydroxyl groups excluding tert-OH is 1. The molecule has 3 heteroatoms. The van der Waals surface area contributed by atoms with E-state index in [0.717, 1.165) is 37.2 Å². The number of hydrogen-bond donors (Lipinski definition) is 1. The molecule has 1 aromatic carbocycles. The lowest BCUT2D eigenvalue weighted by atomic mass is 10.0. The first-order valence-corrected chi connectivity index (χ1v) is 7.32. The van der Waals surface area contributed by atoms with Gasteiger partial charge in [-0.2, -0.15) is 0 Å². The van der Waals surface area contributed by atoms with Crippen LogP contribution in [-0.2, 0) is 4.74 Å². The maximum Gasteiger partial charge on any atom is 0.119 e. The summed E-state index contributed by atoms with van der Waals surface area (Å²) in [7, 11) is 0. The van der Waals surface area contributed by atoms with Gasteiger partial charge >= 0.3 is 0 Å². The van der Waals surface area contributed by atoms with Crippen LogP contribution in [0.5, 0.6) is 5.75 Å². The molecule has 1 aliphatic heterocycles. The van der Waals surface area contributed by atoms with Gasteiger partial charge in [0.2, 0.25) is 0 Å². The van der Waals surface area contributed by atoms with E-state index in [-0.39, 0.29) is 6.10 Å². The van der Waals surface area contributed by atoms with Crippen LogP contribution in [-0.4, -0.2) is 24.4 Å². The number of ether oxygens (including phenoxy) is 2. The molecule has 2 rings (SSSR count). The molecule has 2 atom stereocenters. The molecule has 0 aromatic heterocycles. The average molecular weight is 264 g/mol. The number of hydrogen-bond acceptors (Lipinski definition) is 3. The molecule has 1 aliphatic rings. The van der Waals surface area contributed by atoms with E-state index >= 15 is 0 Å². The zero-order valence-electron chi connectivity index (χ0n) is 11.7. The van der Waals surface area contributed by atoms with Gasteiger partial charge in [0.05, 0.1) is 18.8 Å². The fourth-order valence-electron chi connectivity index (χ4n) is 2.53. The number of aliphatic hydroxyl groups is 1. The molecule has 0 amide bonds. The van der Waals surface area contributed by atoms with Gasteiger partial charge in [-0.15, -0.1) is 0 Å². The van der Waals surface area contributed by atoms with Gasteiger partial charge in [0.25, 0.3) is 0 Å². The van der Waals surface area contributed by atoms with Crippen molar-refractivity contribution in [3.05, 3.63) is 29.8 Å². The summed E-state index contributed by atoms with van der Waals surface area (Å²) in [5.74, 6) is 0.859. The molecule has 0 bridgehead atoms. The molecular weight excluding hydrogens is 240 g/mol. The highest BCUT2D eigenvalue weighted by molar-refractivity contribution is 5.28. The third kappa shape index (κ3) is 4.51. The summed E-state index contributed by atoms with van der Waals surface area (Å²) >= 11 is 0. The lowest BCUT2D eigenvalue weighted by molar-refractivity contribution is 0.0944. The minimum Gasteiger partial charge on any atom is -0.494 e. The van der Waals surface area contributed by atoms with E-state index in [2.05, 4.69) is 0 Å². The van der Waals surface area contributed by atoms with Crippen LogP contribution in [0.15, 0.2) is 24.3 Å². The van der Waals surface area contributed by atoms with E-state index in [1.54, 1.807) is 0 Å². The third-order valence-electron chi connectivity index (χ3n) is 3.60. The fourth-order valence-corrected chi connectivity index (χ4v) is 2.53. The summed E-state index contributed by atoms with van der Waals surface area (Å²) in [6, 6.07) is 7.73. The molecule has 1 heterocycles. The second-order valence-corrected chi connectivity index (χ2v) is 5.08. The van der Waals surface area contributed by atoms with Gasteiger partial charge < -0.3 is 14.6 Å². The van der Waals surface area contributed by atoms with Crippen molar-refractivity contribution < 1.29 is 14.6 Å². The van der Waals surface area contributed by atoms with Crippen LogP contribution in [0.4, 0.5) is 0 Å². The van der Waals surface area contributed by atoms with Crippen molar-refractivity contribution in [1.29, 1.82) is 0 Å². The molecule has 3 nitrogen and oxygen atoms in total. The van der Waals surface area contributed by atoms with Crippen LogP contribution < -0.4 is 4.74 Å². The molecule has 0 spiro atoms. The first kappa shape index (κ1) is 14.4. The Morgan fingerprint density at radius 1 is 1.37 bits per heavy atom. The van der Waals surface area contributed by atoms with Crippen LogP contribution in [0.25, 0.3) is 0 Å². The summed E-state index contributed by atoms with van der Waals surface area (Å²) in [4.78, 5) is 0. The SMILES string of the molecule is CCOc1ccc(C(O)CCCC2CCCO2)cc1. The van der Waals surface area contributed by atoms with Crippen molar-refractivity contribution in [3.8, 4) is 5.75 Å². The Morgan fingerprint density at radius 3 is 2.79 bits per heavy atom. The van der Waals surface area contributed by atoms with Gasteiger partial charge in [-0.1, -0.05) is 12.1 Å². The minimum absolute atomic E-state index is 0.378. The largest absolute Gasteiger partial charge is 0.494 e. The molecular formula is C16H24O3. The van der Waals surface area contributed by atoms with Crippen molar-refractivity contribution in [1.82, 2.24) is 0 Å². The normalized spacial score (nSPS) is 20.4. The monoisotopic (exact) mass is 264 g/mol. The minimum atomic E-state index is -0.378. The molecule has 1 saturated heterocycles. The quantitative estimate of drug-likeness (QED) is 0.819. The Morgan fingerprint density at radius 2 is 2.16 bits per heavy atom. The van der Waals surface area contributed by atoms with E-state index in [0.29, 0.717) is 12.7 Å². The second kappa shape index (κ2) is 7.51. The standard InChI is InChI=1S/C16H24O3/c1-2-18-15-10-8-13(9-11-15)16(17)7-3-5-14-6-4-12-19-14/h8-11,14,16-17H,2-7,12H2,1H3. The van der Waals surface area contributed by atoms with Gasteiger partial charge in [-0.05, 0) is 56.7 Å². The van der Waals surface area contributed by atoms with E-state index in [9.17, 15) is 5.11 Å². The van der Waals surface area contributed by atoms with Gasteiger partial charge in [0.15, 0.2) is 0 Å². The Balaban J connectivity index is 1.73. The fraction of sp³-hybridized carbons (Fsp3) is 0.625. The van der Waals surface area contributed by atoms with Crippen LogP contribution in [0.3, 0.4) is 0 Å². The summed E-state index contributed by atoms with van der Waals surface area (Å²) in [6.07, 6.45) is 5.29. The van der Waals surface area contributed by atoms with E-state index in [4.69, 9.17) is 9.47 Å². The maximum absolute atomic E-state index is 10.1. The molecule has 0 radical (unpaired) electrons. The Kier molecular flexibility index (Phi) is 5.67. The summed E-state index contributed by atoms with van der Waals surface area (Å²) < 4.78 is 11.0. The first-order valence-electron chi connectivity index (χ1n) is 7.32. The molecule has 1 fully saturated rings. The molecule has 0 saturated carbocycles. The van der Waals surface area contributed by atoms with Gasteiger partial charge in [0, 0.05) is 6.61 Å². The topological polar surface area (TPSA) is 38.7 Å². The van der Waals surface area contributed by atoms with Crippen molar-refractivity contribution in [2.24, 2.45) is 0 Å². The predicted octanol–water partition coefficient (Wildman–Crippen LogP) is 3.47. The Labute approximate surface area is 115 Å². The van der Waals surface area contributed by atoms with Crippen molar-refractivity contribution in [2.45, 2.75) is 51.2 Å². The second-order valence-electron chi connectivity index (χ2n) is 5.08. The van der Waals surface area contributed by atoms with Crippen LogP contribution in [0, 0.1) is 0 Å². The maximum atomic E-state index is 10.1. The van der Waals surface area contributed by atoms with Gasteiger partial charge in [-0.25, -0.2) is 0 Å². The van der Waals surface area contributed by atoms with Crippen molar-refractivity contribution >= 4 is 0 Å². The van der Waals surface area contributed by atoms with Crippen molar-refractivity contribution in [3.63, 3.8) is 0 Å². The number of benzene rings is 1. The number of rotatable bonds is 7. The summed E-state index contributed by atoms with van der Waals surface area (Å²) in [5.41, 5.74) is 0.968. The first-order chi connectivity index (χ1) is 9.29. The molecule has 106 valence electrons. The molecule has 1 N–H and O–H groups in total. The zero-order valence-corrected chi connectivity index (χ0v) is 11.7. The van der Waals surface area contributed by atoms with Crippen LogP contribution in [0.2, 0.25) is 0 Å². The van der Waals surface area contributed by atoms with E-state index in [1.165, 1.54) is 12.8 Å². The molecule has 19 heavy (non-hydrogen) atoms. The Hall–Kier alpha value is -1.06. The van der Waals surface area contributed by atoms with Crippen LogP contribution >= 0.6 is 0 Å². The van der Waals surface area contributed by atoms with Gasteiger partial charge in [0.1, 0.15) is 5.75 Å². The third-order valence-corrected chi connectivity index (χ3v) is 3.60. The highest BCUT2D eigenvalue weighted by Gasteiger charge is 2.16. The molecule has 2 unspecified atom stereocenters. The van der Waals surface area contributed by atoms with Gasteiger partial charge in [-0.3, -0.25) is 0 Å². The summed E-state index contributed by atoms with van der Waals surface area (Å²) in [5, 5.41) is 10.1. The zero-order chi connectivity index (χ0) is 13.5. The predicted molar refractivity (Wildman–Crippen MR) is 75.4 cm³/mol. The van der Waals surface area contributed by atoms with E-state index < -0.39 is 0 Å². The Bertz CT molecular complexity index is 355. The molecule has 0 aliphatic carbocycles. The van der Waals surface area contributed by atoms with Crippen LogP contribution in [0.1, 0.15) is 50.7 Å².